The number of aryl methyl sites for hydroxylation is 1. The average Bonchev–Trinajstić information content (AvgIpc) is 3.14. The first kappa shape index (κ1) is 18.4. The first-order valence-corrected chi connectivity index (χ1v) is 8.58. The molecule has 0 N–H and O–H groups in total. The molecule has 4 rings (SSSR count). The van der Waals surface area contributed by atoms with Gasteiger partial charge in [-0.25, -0.2) is 4.98 Å². The summed E-state index contributed by atoms with van der Waals surface area (Å²) in [6.45, 7) is 2.54. The third kappa shape index (κ3) is 3.42. The summed E-state index contributed by atoms with van der Waals surface area (Å²) in [7, 11) is 0. The minimum absolute atomic E-state index is 0.00714. The molecule has 1 unspecified atom stereocenters. The fourth-order valence-corrected chi connectivity index (χ4v) is 3.21. The van der Waals surface area contributed by atoms with Crippen molar-refractivity contribution >= 4 is 11.7 Å². The molecular formula is C18H16F3N5O2. The highest BCUT2D eigenvalue weighted by atomic mass is 19.4. The molecule has 1 aliphatic rings. The summed E-state index contributed by atoms with van der Waals surface area (Å²) in [4.78, 5) is 22.6. The summed E-state index contributed by atoms with van der Waals surface area (Å²) in [5.74, 6) is -0.0556. The summed E-state index contributed by atoms with van der Waals surface area (Å²) >= 11 is 0. The van der Waals surface area contributed by atoms with Gasteiger partial charge in [-0.1, -0.05) is 6.07 Å². The lowest BCUT2D eigenvalue weighted by Crippen LogP contribution is -2.42. The van der Waals surface area contributed by atoms with E-state index in [0.717, 1.165) is 17.8 Å². The number of alkyl halides is 3. The van der Waals surface area contributed by atoms with E-state index in [9.17, 15) is 18.0 Å². The molecule has 2 aromatic heterocycles. The summed E-state index contributed by atoms with van der Waals surface area (Å²) in [6.07, 6.45) is -3.62. The largest absolute Gasteiger partial charge is 0.416 e. The number of hydrogen-bond acceptors (Lipinski definition) is 5. The van der Waals surface area contributed by atoms with Gasteiger partial charge >= 0.3 is 6.18 Å². The van der Waals surface area contributed by atoms with Crippen molar-refractivity contribution in [2.45, 2.75) is 19.2 Å². The Balaban J connectivity index is 1.60. The van der Waals surface area contributed by atoms with Gasteiger partial charge in [0.1, 0.15) is 12.4 Å². The molecule has 3 heterocycles. The van der Waals surface area contributed by atoms with Crippen LogP contribution in [0.25, 0.3) is 5.78 Å². The first-order valence-electron chi connectivity index (χ1n) is 8.58. The van der Waals surface area contributed by atoms with Gasteiger partial charge in [0.15, 0.2) is 0 Å². The molecule has 1 amide bonds. The van der Waals surface area contributed by atoms with Crippen molar-refractivity contribution in [1.82, 2.24) is 24.5 Å². The van der Waals surface area contributed by atoms with Crippen LogP contribution in [0.3, 0.4) is 0 Å². The number of benzene rings is 1. The van der Waals surface area contributed by atoms with Gasteiger partial charge in [-0.05, 0) is 31.2 Å². The van der Waals surface area contributed by atoms with Crippen LogP contribution in [0, 0.1) is 6.92 Å². The molecule has 1 fully saturated rings. The second kappa shape index (κ2) is 6.86. The summed E-state index contributed by atoms with van der Waals surface area (Å²) < 4.78 is 46.2. The Bertz CT molecular complexity index is 1030. The van der Waals surface area contributed by atoms with Crippen LogP contribution in [-0.2, 0) is 10.9 Å². The van der Waals surface area contributed by atoms with Crippen LogP contribution >= 0.6 is 0 Å². The van der Waals surface area contributed by atoms with E-state index in [1.165, 1.54) is 27.9 Å². The molecule has 1 atom stereocenters. The number of morpholine rings is 1. The van der Waals surface area contributed by atoms with Gasteiger partial charge < -0.3 is 9.64 Å². The van der Waals surface area contributed by atoms with Crippen molar-refractivity contribution in [3.8, 4) is 0 Å². The standard InChI is InChI=1S/C18H16F3N5O2/c1-11-7-14(26-17(24-11)22-10-23-26)15-9-25(5-6-28-15)16(27)12-3-2-4-13(8-12)18(19,20)21/h2-4,7-8,10,15H,5-6,9H2,1H3. The fourth-order valence-electron chi connectivity index (χ4n) is 3.21. The Hall–Kier alpha value is -3.01. The average molecular weight is 391 g/mol. The molecule has 146 valence electrons. The van der Waals surface area contributed by atoms with Crippen LogP contribution in [-0.4, -0.2) is 50.1 Å². The molecule has 1 saturated heterocycles. The monoisotopic (exact) mass is 391 g/mol. The predicted molar refractivity (Wildman–Crippen MR) is 91.6 cm³/mol. The number of rotatable bonds is 2. The predicted octanol–water partition coefficient (Wildman–Crippen LogP) is 2.67. The molecule has 0 saturated carbocycles. The molecule has 28 heavy (non-hydrogen) atoms. The number of carbonyl (C=O) groups excluding carboxylic acids is 1. The van der Waals surface area contributed by atoms with E-state index in [-0.39, 0.29) is 25.3 Å². The van der Waals surface area contributed by atoms with Crippen LogP contribution in [0.5, 0.6) is 0 Å². The van der Waals surface area contributed by atoms with E-state index in [4.69, 9.17) is 4.74 Å². The molecule has 0 radical (unpaired) electrons. The molecule has 7 nitrogen and oxygen atoms in total. The maximum atomic E-state index is 12.9. The highest BCUT2D eigenvalue weighted by Crippen LogP contribution is 2.30. The van der Waals surface area contributed by atoms with Gasteiger partial charge in [-0.2, -0.15) is 27.8 Å². The van der Waals surface area contributed by atoms with Gasteiger partial charge in [-0.15, -0.1) is 0 Å². The highest BCUT2D eigenvalue weighted by molar-refractivity contribution is 5.94. The number of halogens is 3. The molecule has 10 heteroatoms. The van der Waals surface area contributed by atoms with E-state index in [1.807, 2.05) is 6.92 Å². The Morgan fingerprint density at radius 1 is 1.29 bits per heavy atom. The third-order valence-corrected chi connectivity index (χ3v) is 4.53. The zero-order chi connectivity index (χ0) is 19.9. The Morgan fingerprint density at radius 3 is 2.89 bits per heavy atom. The lowest BCUT2D eigenvalue weighted by Gasteiger charge is -2.33. The number of ether oxygens (including phenoxy) is 1. The van der Waals surface area contributed by atoms with Crippen molar-refractivity contribution in [3.63, 3.8) is 0 Å². The van der Waals surface area contributed by atoms with E-state index < -0.39 is 23.8 Å². The normalized spacial score (nSPS) is 17.9. The topological polar surface area (TPSA) is 72.6 Å². The van der Waals surface area contributed by atoms with E-state index in [0.29, 0.717) is 11.5 Å². The van der Waals surface area contributed by atoms with E-state index in [1.54, 1.807) is 6.07 Å². The van der Waals surface area contributed by atoms with Crippen molar-refractivity contribution in [1.29, 1.82) is 0 Å². The maximum Gasteiger partial charge on any atom is 0.416 e. The van der Waals surface area contributed by atoms with Crippen LogP contribution in [0.1, 0.15) is 33.4 Å². The number of nitrogens with zero attached hydrogens (tertiary/aromatic N) is 5. The quantitative estimate of drug-likeness (QED) is 0.672. The van der Waals surface area contributed by atoms with Crippen molar-refractivity contribution < 1.29 is 22.7 Å². The van der Waals surface area contributed by atoms with Gasteiger partial charge in [0, 0.05) is 17.8 Å². The van der Waals surface area contributed by atoms with Crippen LogP contribution < -0.4 is 0 Å². The third-order valence-electron chi connectivity index (χ3n) is 4.53. The lowest BCUT2D eigenvalue weighted by atomic mass is 10.1. The summed E-state index contributed by atoms with van der Waals surface area (Å²) in [5.41, 5.74) is 0.548. The molecule has 3 aromatic rings. The van der Waals surface area contributed by atoms with Crippen LogP contribution in [0.4, 0.5) is 13.2 Å². The minimum atomic E-state index is -4.50. The number of hydrogen-bond donors (Lipinski definition) is 0. The fraction of sp³-hybridized carbons (Fsp3) is 0.333. The number of aromatic nitrogens is 4. The second-order valence-electron chi connectivity index (χ2n) is 6.48. The SMILES string of the molecule is Cc1cc(C2CN(C(=O)c3cccc(C(F)(F)F)c3)CCO2)n2ncnc2n1. The molecule has 0 spiro atoms. The Morgan fingerprint density at radius 2 is 2.11 bits per heavy atom. The van der Waals surface area contributed by atoms with Gasteiger partial charge in [-0.3, -0.25) is 4.79 Å². The molecule has 0 bridgehead atoms. The second-order valence-corrected chi connectivity index (χ2v) is 6.48. The van der Waals surface area contributed by atoms with Gasteiger partial charge in [0.05, 0.1) is 24.4 Å². The van der Waals surface area contributed by atoms with E-state index >= 15 is 0 Å². The van der Waals surface area contributed by atoms with Gasteiger partial charge in [0.2, 0.25) is 0 Å². The molecule has 1 aromatic carbocycles. The smallest absolute Gasteiger partial charge is 0.368 e. The number of amides is 1. The van der Waals surface area contributed by atoms with Gasteiger partial charge in [0.25, 0.3) is 11.7 Å². The van der Waals surface area contributed by atoms with Crippen LogP contribution in [0.15, 0.2) is 36.7 Å². The first-order chi connectivity index (χ1) is 13.3. The highest BCUT2D eigenvalue weighted by Gasteiger charge is 2.32. The zero-order valence-corrected chi connectivity index (χ0v) is 14.8. The maximum absolute atomic E-state index is 12.9. The van der Waals surface area contributed by atoms with Crippen molar-refractivity contribution in [2.75, 3.05) is 19.7 Å². The number of carbonyl (C=O) groups is 1. The Kier molecular flexibility index (Phi) is 4.50. The lowest BCUT2D eigenvalue weighted by molar-refractivity contribution is -0.137. The summed E-state index contributed by atoms with van der Waals surface area (Å²) in [6, 6.07) is 6.23. The van der Waals surface area contributed by atoms with Crippen molar-refractivity contribution in [2.24, 2.45) is 0 Å². The van der Waals surface area contributed by atoms with E-state index in [2.05, 4.69) is 15.1 Å². The minimum Gasteiger partial charge on any atom is -0.368 e. The molecule has 1 aliphatic heterocycles. The Labute approximate surface area is 157 Å². The molecular weight excluding hydrogens is 375 g/mol. The van der Waals surface area contributed by atoms with Crippen molar-refractivity contribution in [3.05, 3.63) is 59.2 Å². The number of fused-ring (bicyclic) bond motifs is 1. The zero-order valence-electron chi connectivity index (χ0n) is 14.8. The van der Waals surface area contributed by atoms with Crippen LogP contribution in [0.2, 0.25) is 0 Å². The summed E-state index contributed by atoms with van der Waals surface area (Å²) in [5, 5.41) is 4.14. The molecule has 0 aliphatic carbocycles.